The molecule has 0 saturated carbocycles. The van der Waals surface area contributed by atoms with E-state index in [0.717, 1.165) is 30.9 Å². The van der Waals surface area contributed by atoms with E-state index in [1.54, 1.807) is 0 Å². The summed E-state index contributed by atoms with van der Waals surface area (Å²) in [7, 11) is 0. The molecule has 3 rings (SSSR count). The molecule has 2 heterocycles. The number of alkyl halides is 2. The number of pyridine rings is 1. The fraction of sp³-hybridized carbons (Fsp3) is 0.643. The van der Waals surface area contributed by atoms with Crippen LogP contribution in [-0.4, -0.2) is 37.1 Å². The smallest absolute Gasteiger partial charge is 0.255 e. The first kappa shape index (κ1) is 12.8. The van der Waals surface area contributed by atoms with E-state index < -0.39 is 12.5 Å². The molecule has 5 heteroatoms. The number of nitrogens with one attached hydrogen (secondary N) is 1. The fourth-order valence-electron chi connectivity index (χ4n) is 2.90. The maximum atomic E-state index is 12.8. The number of aryl methyl sites for hydroxylation is 2. The predicted molar refractivity (Wildman–Crippen MR) is 70.9 cm³/mol. The molecule has 1 aliphatic heterocycles. The predicted octanol–water partition coefficient (Wildman–Crippen LogP) is 2.00. The topological polar surface area (TPSA) is 28.2 Å². The summed E-state index contributed by atoms with van der Waals surface area (Å²) >= 11 is 0. The average molecular weight is 267 g/mol. The normalized spacial score (nSPS) is 23.5. The summed E-state index contributed by atoms with van der Waals surface area (Å²) in [5.74, 6) is 0.854. The van der Waals surface area contributed by atoms with Crippen LogP contribution in [0.2, 0.25) is 0 Å². The zero-order chi connectivity index (χ0) is 13.2. The van der Waals surface area contributed by atoms with Crippen molar-refractivity contribution in [1.29, 1.82) is 0 Å². The molecular formula is C14H19F2N3. The fourth-order valence-corrected chi connectivity index (χ4v) is 2.90. The lowest BCUT2D eigenvalue weighted by Crippen LogP contribution is -2.54. The second kappa shape index (κ2) is 5.41. The number of halogens is 2. The Morgan fingerprint density at radius 2 is 2.11 bits per heavy atom. The first-order valence-corrected chi connectivity index (χ1v) is 6.99. The van der Waals surface area contributed by atoms with Gasteiger partial charge in [-0.05, 0) is 37.3 Å². The second-order valence-electron chi connectivity index (χ2n) is 5.32. The molecule has 1 aromatic rings. The number of aromatic nitrogens is 1. The van der Waals surface area contributed by atoms with Crippen molar-refractivity contribution in [3.8, 4) is 0 Å². The van der Waals surface area contributed by atoms with E-state index in [9.17, 15) is 8.78 Å². The van der Waals surface area contributed by atoms with Gasteiger partial charge in [-0.1, -0.05) is 6.07 Å². The van der Waals surface area contributed by atoms with Crippen LogP contribution in [0.1, 0.15) is 24.1 Å². The Morgan fingerprint density at radius 3 is 2.95 bits per heavy atom. The summed E-state index contributed by atoms with van der Waals surface area (Å²) < 4.78 is 25.5. The van der Waals surface area contributed by atoms with Gasteiger partial charge in [-0.15, -0.1) is 0 Å². The monoisotopic (exact) mass is 267 g/mol. The van der Waals surface area contributed by atoms with Gasteiger partial charge in [0.1, 0.15) is 5.82 Å². The minimum Gasteiger partial charge on any atom is -0.354 e. The van der Waals surface area contributed by atoms with Gasteiger partial charge in [-0.3, -0.25) is 0 Å². The van der Waals surface area contributed by atoms with Gasteiger partial charge >= 0.3 is 0 Å². The van der Waals surface area contributed by atoms with E-state index in [0.29, 0.717) is 13.1 Å². The minimum atomic E-state index is -2.32. The van der Waals surface area contributed by atoms with Gasteiger partial charge < -0.3 is 10.2 Å². The molecule has 2 aliphatic rings. The Labute approximate surface area is 112 Å². The molecule has 1 saturated heterocycles. The minimum absolute atomic E-state index is 0.337. The van der Waals surface area contributed by atoms with Crippen molar-refractivity contribution in [2.75, 3.05) is 24.5 Å². The molecule has 1 atom stereocenters. The molecule has 1 unspecified atom stereocenters. The van der Waals surface area contributed by atoms with Crippen molar-refractivity contribution in [2.24, 2.45) is 0 Å². The Bertz CT molecular complexity index is 450. The number of anilines is 1. The van der Waals surface area contributed by atoms with Crippen LogP contribution in [0.15, 0.2) is 12.1 Å². The SMILES string of the molecule is FC(F)C1CN(c2ccc3c(n2)CCCC3)CCN1. The molecule has 19 heavy (non-hydrogen) atoms. The van der Waals surface area contributed by atoms with E-state index in [4.69, 9.17) is 0 Å². The van der Waals surface area contributed by atoms with Gasteiger partial charge in [0.25, 0.3) is 6.43 Å². The first-order valence-electron chi connectivity index (χ1n) is 6.99. The van der Waals surface area contributed by atoms with E-state index >= 15 is 0 Å². The maximum absolute atomic E-state index is 12.8. The maximum Gasteiger partial charge on any atom is 0.255 e. The highest BCUT2D eigenvalue weighted by Crippen LogP contribution is 2.23. The van der Waals surface area contributed by atoms with Gasteiger partial charge in [-0.25, -0.2) is 13.8 Å². The largest absolute Gasteiger partial charge is 0.354 e. The average Bonchev–Trinajstić information content (AvgIpc) is 2.47. The van der Waals surface area contributed by atoms with Crippen LogP contribution in [0.3, 0.4) is 0 Å². The van der Waals surface area contributed by atoms with Gasteiger partial charge in [0, 0.05) is 25.3 Å². The highest BCUT2D eigenvalue weighted by molar-refractivity contribution is 5.43. The number of hydrogen-bond acceptors (Lipinski definition) is 3. The number of fused-ring (bicyclic) bond motifs is 1. The Balaban J connectivity index is 1.78. The van der Waals surface area contributed by atoms with Crippen molar-refractivity contribution in [3.63, 3.8) is 0 Å². The van der Waals surface area contributed by atoms with Crippen LogP contribution in [-0.2, 0) is 12.8 Å². The third-order valence-corrected chi connectivity index (χ3v) is 4.00. The molecule has 0 amide bonds. The number of nitrogens with zero attached hydrogens (tertiary/aromatic N) is 2. The Hall–Kier alpha value is -1.23. The molecule has 1 aliphatic carbocycles. The zero-order valence-electron chi connectivity index (χ0n) is 10.9. The Kier molecular flexibility index (Phi) is 3.64. The molecule has 104 valence electrons. The number of hydrogen-bond donors (Lipinski definition) is 1. The highest BCUT2D eigenvalue weighted by atomic mass is 19.3. The molecule has 1 aromatic heterocycles. The summed E-state index contributed by atoms with van der Waals surface area (Å²) in [5, 5.41) is 2.86. The van der Waals surface area contributed by atoms with Crippen LogP contribution < -0.4 is 10.2 Å². The lowest BCUT2D eigenvalue weighted by molar-refractivity contribution is 0.0957. The van der Waals surface area contributed by atoms with Crippen LogP contribution >= 0.6 is 0 Å². The van der Waals surface area contributed by atoms with Gasteiger partial charge in [0.15, 0.2) is 0 Å². The van der Waals surface area contributed by atoms with Gasteiger partial charge in [0.05, 0.1) is 6.04 Å². The van der Waals surface area contributed by atoms with Crippen LogP contribution in [0.5, 0.6) is 0 Å². The summed E-state index contributed by atoms with van der Waals surface area (Å²) in [4.78, 5) is 6.66. The summed E-state index contributed by atoms with van der Waals surface area (Å²) in [6, 6.07) is 3.36. The van der Waals surface area contributed by atoms with E-state index in [1.165, 1.54) is 18.4 Å². The van der Waals surface area contributed by atoms with E-state index in [1.807, 2.05) is 11.0 Å². The van der Waals surface area contributed by atoms with Crippen molar-refractivity contribution in [2.45, 2.75) is 38.2 Å². The summed E-state index contributed by atoms with van der Waals surface area (Å²) in [6.45, 7) is 1.67. The number of piperazine rings is 1. The van der Waals surface area contributed by atoms with Crippen LogP contribution in [0.25, 0.3) is 0 Å². The standard InChI is InChI=1S/C14H19F2N3/c15-14(16)12-9-19(8-7-17-12)13-6-5-10-3-1-2-4-11(10)18-13/h5-6,12,14,17H,1-4,7-9H2. The molecule has 0 aromatic carbocycles. The lowest BCUT2D eigenvalue weighted by Gasteiger charge is -2.34. The molecule has 0 spiro atoms. The zero-order valence-corrected chi connectivity index (χ0v) is 10.9. The second-order valence-corrected chi connectivity index (χ2v) is 5.32. The van der Waals surface area contributed by atoms with Crippen molar-refractivity contribution >= 4 is 5.82 Å². The molecular weight excluding hydrogens is 248 g/mol. The summed E-state index contributed by atoms with van der Waals surface area (Å²) in [5.41, 5.74) is 2.49. The molecule has 0 radical (unpaired) electrons. The molecule has 0 bridgehead atoms. The Morgan fingerprint density at radius 1 is 1.26 bits per heavy atom. The first-order chi connectivity index (χ1) is 9.24. The van der Waals surface area contributed by atoms with Crippen molar-refractivity contribution < 1.29 is 8.78 Å². The molecule has 1 N–H and O–H groups in total. The third kappa shape index (κ3) is 2.71. The van der Waals surface area contributed by atoms with Crippen molar-refractivity contribution in [3.05, 3.63) is 23.4 Å². The molecule has 3 nitrogen and oxygen atoms in total. The summed E-state index contributed by atoms with van der Waals surface area (Å²) in [6.07, 6.45) is 2.22. The van der Waals surface area contributed by atoms with Crippen molar-refractivity contribution in [1.82, 2.24) is 10.3 Å². The lowest BCUT2D eigenvalue weighted by atomic mass is 9.96. The molecule has 1 fully saturated rings. The van der Waals surface area contributed by atoms with Crippen LogP contribution in [0.4, 0.5) is 14.6 Å². The van der Waals surface area contributed by atoms with Gasteiger partial charge in [0.2, 0.25) is 0 Å². The van der Waals surface area contributed by atoms with Gasteiger partial charge in [-0.2, -0.15) is 0 Å². The van der Waals surface area contributed by atoms with E-state index in [-0.39, 0.29) is 0 Å². The highest BCUT2D eigenvalue weighted by Gasteiger charge is 2.27. The number of rotatable bonds is 2. The van der Waals surface area contributed by atoms with E-state index in [2.05, 4.69) is 16.4 Å². The van der Waals surface area contributed by atoms with Crippen LogP contribution in [0, 0.1) is 0 Å². The third-order valence-electron chi connectivity index (χ3n) is 4.00. The quantitative estimate of drug-likeness (QED) is 0.888.